The number of hydrogen-bond donors (Lipinski definition) is 1. The van der Waals surface area contributed by atoms with E-state index in [0.717, 1.165) is 24.1 Å². The van der Waals surface area contributed by atoms with Gasteiger partial charge in [0.1, 0.15) is 0 Å². The molecule has 28 heavy (non-hydrogen) atoms. The van der Waals surface area contributed by atoms with Crippen molar-refractivity contribution >= 4 is 5.91 Å². The number of aryl methyl sites for hydroxylation is 2. The molecule has 0 bridgehead atoms. The second kappa shape index (κ2) is 7.54. The first-order valence-electron chi connectivity index (χ1n) is 8.90. The summed E-state index contributed by atoms with van der Waals surface area (Å²) in [6, 6.07) is 14.7. The Balaban J connectivity index is 1.96. The van der Waals surface area contributed by atoms with Crippen molar-refractivity contribution in [1.29, 1.82) is 0 Å². The van der Waals surface area contributed by atoms with Crippen LogP contribution in [0.4, 0.5) is 13.2 Å². The summed E-state index contributed by atoms with van der Waals surface area (Å²) in [6.45, 7) is 4.39. The van der Waals surface area contributed by atoms with Gasteiger partial charge in [0.25, 0.3) is 5.91 Å². The summed E-state index contributed by atoms with van der Waals surface area (Å²) in [5.74, 6) is -0.556. The van der Waals surface area contributed by atoms with Crippen LogP contribution in [-0.4, -0.2) is 10.5 Å². The number of alkyl halides is 3. The Morgan fingerprint density at radius 3 is 2.14 bits per heavy atom. The normalized spacial score (nSPS) is 11.6. The molecule has 0 radical (unpaired) electrons. The molecule has 0 atom stereocenters. The molecule has 3 rings (SSSR count). The number of hydrogen-bond acceptors (Lipinski definition) is 1. The lowest BCUT2D eigenvalue weighted by Gasteiger charge is -2.13. The lowest BCUT2D eigenvalue weighted by Crippen LogP contribution is -2.13. The van der Waals surface area contributed by atoms with E-state index < -0.39 is 17.6 Å². The fourth-order valence-electron chi connectivity index (χ4n) is 3.25. The Hall–Kier alpha value is -3.02. The molecule has 1 aromatic heterocycles. The van der Waals surface area contributed by atoms with Crippen LogP contribution in [0.2, 0.25) is 0 Å². The number of primary amides is 1. The Morgan fingerprint density at radius 1 is 1.00 bits per heavy atom. The highest BCUT2D eigenvalue weighted by atomic mass is 19.4. The van der Waals surface area contributed by atoms with E-state index in [2.05, 4.69) is 0 Å². The van der Waals surface area contributed by atoms with Gasteiger partial charge in [-0.05, 0) is 49.6 Å². The monoisotopic (exact) mass is 386 g/mol. The van der Waals surface area contributed by atoms with E-state index in [9.17, 15) is 18.0 Å². The summed E-state index contributed by atoms with van der Waals surface area (Å²) in [4.78, 5) is 11.8. The first-order valence-corrected chi connectivity index (χ1v) is 8.90. The van der Waals surface area contributed by atoms with Gasteiger partial charge in [0.15, 0.2) is 0 Å². The maximum absolute atomic E-state index is 12.8. The van der Waals surface area contributed by atoms with Crippen molar-refractivity contribution in [3.05, 3.63) is 82.5 Å². The van der Waals surface area contributed by atoms with Gasteiger partial charge in [0, 0.05) is 17.9 Å². The fourth-order valence-corrected chi connectivity index (χ4v) is 3.25. The van der Waals surface area contributed by atoms with Crippen LogP contribution >= 0.6 is 0 Å². The number of rotatable bonds is 5. The van der Waals surface area contributed by atoms with Crippen LogP contribution in [0.1, 0.15) is 32.7 Å². The first-order chi connectivity index (χ1) is 13.2. The van der Waals surface area contributed by atoms with Crippen LogP contribution in [0, 0.1) is 13.8 Å². The van der Waals surface area contributed by atoms with E-state index in [0.29, 0.717) is 29.1 Å². The van der Waals surface area contributed by atoms with Gasteiger partial charge in [-0.15, -0.1) is 0 Å². The van der Waals surface area contributed by atoms with Crippen LogP contribution in [0.25, 0.3) is 11.3 Å². The minimum absolute atomic E-state index is 0.374. The van der Waals surface area contributed by atoms with Crippen LogP contribution < -0.4 is 5.73 Å². The Bertz CT molecular complexity index is 984. The number of nitrogens with two attached hydrogens (primary N) is 1. The van der Waals surface area contributed by atoms with Gasteiger partial charge in [-0.1, -0.05) is 42.0 Å². The zero-order valence-electron chi connectivity index (χ0n) is 15.7. The molecule has 2 aromatic carbocycles. The molecule has 1 heterocycles. The standard InChI is InChI=1S/C22H21F3N2O/c1-14-3-5-16(6-4-14)11-12-27-15(2)19(21(26)28)13-20(27)17-7-9-18(10-8-17)22(23,24)25/h3-10,13H,11-12H2,1-2H3,(H2,26,28). The Kier molecular flexibility index (Phi) is 5.31. The first kappa shape index (κ1) is 19.7. The van der Waals surface area contributed by atoms with E-state index in [1.54, 1.807) is 13.0 Å². The molecule has 6 heteroatoms. The third-order valence-corrected chi connectivity index (χ3v) is 4.88. The van der Waals surface area contributed by atoms with Gasteiger partial charge in [0.2, 0.25) is 0 Å². The predicted molar refractivity (Wildman–Crippen MR) is 103 cm³/mol. The van der Waals surface area contributed by atoms with Gasteiger partial charge in [-0.25, -0.2) is 0 Å². The number of carbonyl (C=O) groups excluding carboxylic acids is 1. The smallest absolute Gasteiger partial charge is 0.366 e. The number of aromatic nitrogens is 1. The molecule has 0 aliphatic heterocycles. The number of nitrogens with zero attached hydrogens (tertiary/aromatic N) is 1. The van der Waals surface area contributed by atoms with E-state index in [1.165, 1.54) is 17.7 Å². The number of benzene rings is 2. The highest BCUT2D eigenvalue weighted by molar-refractivity contribution is 5.95. The lowest BCUT2D eigenvalue weighted by molar-refractivity contribution is -0.137. The molecule has 0 aliphatic carbocycles. The van der Waals surface area contributed by atoms with Crippen molar-refractivity contribution in [3.63, 3.8) is 0 Å². The predicted octanol–water partition coefficient (Wildman–Crippen LogP) is 5.13. The van der Waals surface area contributed by atoms with Crippen molar-refractivity contribution in [1.82, 2.24) is 4.57 Å². The van der Waals surface area contributed by atoms with E-state index in [-0.39, 0.29) is 0 Å². The molecular formula is C22H21F3N2O. The average molecular weight is 386 g/mol. The van der Waals surface area contributed by atoms with Crippen molar-refractivity contribution in [2.24, 2.45) is 5.73 Å². The minimum Gasteiger partial charge on any atom is -0.366 e. The SMILES string of the molecule is Cc1ccc(CCn2c(-c3ccc(C(F)(F)F)cc3)cc(C(N)=O)c2C)cc1. The van der Waals surface area contributed by atoms with Gasteiger partial charge < -0.3 is 10.3 Å². The van der Waals surface area contributed by atoms with Gasteiger partial charge in [0.05, 0.1) is 11.1 Å². The maximum atomic E-state index is 12.8. The van der Waals surface area contributed by atoms with E-state index in [1.807, 2.05) is 35.8 Å². The second-order valence-electron chi connectivity index (χ2n) is 6.86. The topological polar surface area (TPSA) is 48.0 Å². The quantitative estimate of drug-likeness (QED) is 0.649. The lowest BCUT2D eigenvalue weighted by atomic mass is 10.1. The minimum atomic E-state index is -4.39. The summed E-state index contributed by atoms with van der Waals surface area (Å²) in [5, 5.41) is 0. The molecular weight excluding hydrogens is 365 g/mol. The molecule has 0 fully saturated rings. The molecule has 1 amide bonds. The van der Waals surface area contributed by atoms with E-state index in [4.69, 9.17) is 5.73 Å². The van der Waals surface area contributed by atoms with Crippen molar-refractivity contribution in [2.45, 2.75) is 33.0 Å². The van der Waals surface area contributed by atoms with Gasteiger partial charge >= 0.3 is 6.18 Å². The van der Waals surface area contributed by atoms with Crippen molar-refractivity contribution in [3.8, 4) is 11.3 Å². The number of halogens is 3. The van der Waals surface area contributed by atoms with Crippen molar-refractivity contribution < 1.29 is 18.0 Å². The van der Waals surface area contributed by atoms with E-state index >= 15 is 0 Å². The van der Waals surface area contributed by atoms with Crippen LogP contribution in [0.15, 0.2) is 54.6 Å². The summed E-state index contributed by atoms with van der Waals surface area (Å²) in [7, 11) is 0. The number of amides is 1. The zero-order chi connectivity index (χ0) is 20.5. The summed E-state index contributed by atoms with van der Waals surface area (Å²) in [5.41, 5.74) is 9.43. The van der Waals surface area contributed by atoms with Crippen molar-refractivity contribution in [2.75, 3.05) is 0 Å². The maximum Gasteiger partial charge on any atom is 0.416 e. The summed E-state index contributed by atoms with van der Waals surface area (Å²) >= 11 is 0. The second-order valence-corrected chi connectivity index (χ2v) is 6.86. The summed E-state index contributed by atoms with van der Waals surface area (Å²) in [6.07, 6.45) is -3.66. The Morgan fingerprint density at radius 2 is 1.61 bits per heavy atom. The molecule has 0 saturated carbocycles. The van der Waals surface area contributed by atoms with Crippen LogP contribution in [-0.2, 0) is 19.1 Å². The molecule has 0 saturated heterocycles. The molecule has 3 nitrogen and oxygen atoms in total. The van der Waals surface area contributed by atoms with Crippen LogP contribution in [0.3, 0.4) is 0 Å². The summed E-state index contributed by atoms with van der Waals surface area (Å²) < 4.78 is 40.5. The van der Waals surface area contributed by atoms with Gasteiger partial charge in [-0.3, -0.25) is 4.79 Å². The highest BCUT2D eigenvalue weighted by Crippen LogP contribution is 2.32. The van der Waals surface area contributed by atoms with Gasteiger partial charge in [-0.2, -0.15) is 13.2 Å². The third kappa shape index (κ3) is 4.11. The number of carbonyl (C=O) groups is 1. The highest BCUT2D eigenvalue weighted by Gasteiger charge is 2.30. The average Bonchev–Trinajstić information content (AvgIpc) is 2.97. The van der Waals surface area contributed by atoms with Crippen LogP contribution in [0.5, 0.6) is 0 Å². The molecule has 0 unspecified atom stereocenters. The fraction of sp³-hybridized carbons (Fsp3) is 0.227. The molecule has 0 spiro atoms. The third-order valence-electron chi connectivity index (χ3n) is 4.88. The molecule has 146 valence electrons. The zero-order valence-corrected chi connectivity index (χ0v) is 15.7. The molecule has 0 aliphatic rings. The molecule has 2 N–H and O–H groups in total. The molecule has 3 aromatic rings. The Labute approximate surface area is 161 Å². The largest absolute Gasteiger partial charge is 0.416 e.